The fourth-order valence-corrected chi connectivity index (χ4v) is 4.42. The SMILES string of the molecule is CCOC(=O)c1c(NC(=O)COC(=O)C2(C)CC2(Cl)Cl)sc(C)c1CC. The summed E-state index contributed by atoms with van der Waals surface area (Å²) in [6.45, 7) is 6.84. The lowest BCUT2D eigenvalue weighted by Crippen LogP contribution is -2.27. The average Bonchev–Trinajstić information content (AvgIpc) is 2.92. The number of amides is 1. The molecule has 1 amide bonds. The molecule has 2 rings (SSSR count). The van der Waals surface area contributed by atoms with E-state index < -0.39 is 34.2 Å². The number of ether oxygens (including phenoxy) is 2. The molecule has 1 heterocycles. The lowest BCUT2D eigenvalue weighted by Gasteiger charge is -2.12. The predicted octanol–water partition coefficient (Wildman–Crippen LogP) is 3.86. The van der Waals surface area contributed by atoms with E-state index in [2.05, 4.69) is 5.32 Å². The van der Waals surface area contributed by atoms with E-state index in [0.717, 1.165) is 10.4 Å². The Hall–Kier alpha value is -1.31. The number of hydrogen-bond acceptors (Lipinski definition) is 6. The first-order chi connectivity index (χ1) is 12.1. The van der Waals surface area contributed by atoms with Crippen LogP contribution in [0.3, 0.4) is 0 Å². The quantitative estimate of drug-likeness (QED) is 0.533. The highest BCUT2D eigenvalue weighted by Gasteiger charge is 2.69. The normalized spacial score (nSPS) is 20.4. The van der Waals surface area contributed by atoms with E-state index in [1.54, 1.807) is 13.8 Å². The Morgan fingerprint density at radius 3 is 2.35 bits per heavy atom. The molecule has 1 unspecified atom stereocenters. The Morgan fingerprint density at radius 2 is 1.85 bits per heavy atom. The molecule has 1 fully saturated rings. The van der Waals surface area contributed by atoms with Crippen LogP contribution in [0.2, 0.25) is 0 Å². The first-order valence-corrected chi connectivity index (χ1v) is 9.79. The zero-order chi connectivity index (χ0) is 19.7. The van der Waals surface area contributed by atoms with Gasteiger partial charge in [0.25, 0.3) is 5.91 Å². The smallest absolute Gasteiger partial charge is 0.341 e. The predicted molar refractivity (Wildman–Crippen MR) is 101 cm³/mol. The molecule has 0 bridgehead atoms. The van der Waals surface area contributed by atoms with E-state index in [1.165, 1.54) is 11.3 Å². The van der Waals surface area contributed by atoms with E-state index in [0.29, 0.717) is 17.0 Å². The molecule has 0 aliphatic heterocycles. The van der Waals surface area contributed by atoms with Gasteiger partial charge in [-0.25, -0.2) is 4.79 Å². The highest BCUT2D eigenvalue weighted by molar-refractivity contribution is 7.16. The monoisotopic (exact) mass is 421 g/mol. The average molecular weight is 422 g/mol. The van der Waals surface area contributed by atoms with Gasteiger partial charge in [-0.3, -0.25) is 9.59 Å². The molecule has 0 radical (unpaired) electrons. The molecule has 26 heavy (non-hydrogen) atoms. The molecule has 1 atom stereocenters. The lowest BCUT2D eigenvalue weighted by molar-refractivity contribution is -0.152. The van der Waals surface area contributed by atoms with Crippen LogP contribution in [-0.4, -0.2) is 35.4 Å². The zero-order valence-corrected chi connectivity index (χ0v) is 17.4. The van der Waals surface area contributed by atoms with Crippen LogP contribution in [0.15, 0.2) is 0 Å². The van der Waals surface area contributed by atoms with Crippen molar-refractivity contribution in [2.24, 2.45) is 5.41 Å². The second kappa shape index (κ2) is 7.74. The van der Waals surface area contributed by atoms with Gasteiger partial charge in [-0.05, 0) is 32.8 Å². The Kier molecular flexibility index (Phi) is 6.25. The van der Waals surface area contributed by atoms with Gasteiger partial charge < -0.3 is 14.8 Å². The van der Waals surface area contributed by atoms with E-state index in [1.807, 2.05) is 13.8 Å². The van der Waals surface area contributed by atoms with Crippen LogP contribution >= 0.6 is 34.5 Å². The molecule has 1 aliphatic rings. The number of nitrogens with one attached hydrogen (secondary N) is 1. The van der Waals surface area contributed by atoms with Crippen molar-refractivity contribution in [3.63, 3.8) is 0 Å². The number of rotatable bonds is 7. The van der Waals surface area contributed by atoms with Gasteiger partial charge in [-0.15, -0.1) is 34.5 Å². The van der Waals surface area contributed by atoms with Gasteiger partial charge in [-0.1, -0.05) is 6.92 Å². The number of aryl methyl sites for hydroxylation is 1. The molecule has 1 aromatic heterocycles. The summed E-state index contributed by atoms with van der Waals surface area (Å²) in [4.78, 5) is 37.3. The summed E-state index contributed by atoms with van der Waals surface area (Å²) in [5.41, 5.74) is 0.188. The van der Waals surface area contributed by atoms with Crippen LogP contribution < -0.4 is 5.32 Å². The van der Waals surface area contributed by atoms with Gasteiger partial charge in [0, 0.05) is 11.3 Å². The Morgan fingerprint density at radius 1 is 1.23 bits per heavy atom. The minimum absolute atomic E-state index is 0.235. The molecule has 144 valence electrons. The van der Waals surface area contributed by atoms with Gasteiger partial charge in [0.15, 0.2) is 6.61 Å². The Labute approximate surface area is 166 Å². The largest absolute Gasteiger partial charge is 0.462 e. The van der Waals surface area contributed by atoms with Gasteiger partial charge in [0.05, 0.1) is 12.2 Å². The van der Waals surface area contributed by atoms with Gasteiger partial charge in [-0.2, -0.15) is 0 Å². The van der Waals surface area contributed by atoms with Crippen molar-refractivity contribution in [2.75, 3.05) is 18.5 Å². The molecular formula is C17H21Cl2NO5S. The molecule has 6 nitrogen and oxygen atoms in total. The fraction of sp³-hybridized carbons (Fsp3) is 0.588. The van der Waals surface area contributed by atoms with Crippen molar-refractivity contribution < 1.29 is 23.9 Å². The van der Waals surface area contributed by atoms with E-state index in [4.69, 9.17) is 32.7 Å². The summed E-state index contributed by atoms with van der Waals surface area (Å²) in [5, 5.41) is 3.02. The van der Waals surface area contributed by atoms with Crippen molar-refractivity contribution in [1.82, 2.24) is 0 Å². The maximum atomic E-state index is 12.2. The molecule has 0 saturated heterocycles. The highest BCUT2D eigenvalue weighted by Crippen LogP contribution is 2.64. The van der Waals surface area contributed by atoms with Crippen LogP contribution in [0.1, 0.15) is 48.0 Å². The highest BCUT2D eigenvalue weighted by atomic mass is 35.5. The van der Waals surface area contributed by atoms with Gasteiger partial charge >= 0.3 is 11.9 Å². The molecular weight excluding hydrogens is 401 g/mol. The molecule has 0 spiro atoms. The number of hydrogen-bond donors (Lipinski definition) is 1. The number of thiophene rings is 1. The number of carbonyl (C=O) groups excluding carboxylic acids is 3. The second-order valence-corrected chi connectivity index (χ2v) is 8.96. The third kappa shape index (κ3) is 4.00. The maximum absolute atomic E-state index is 12.2. The maximum Gasteiger partial charge on any atom is 0.341 e. The summed E-state index contributed by atoms with van der Waals surface area (Å²) in [6.07, 6.45) is 0.910. The van der Waals surface area contributed by atoms with Crippen molar-refractivity contribution in [3.8, 4) is 0 Å². The number of anilines is 1. The Bertz CT molecular complexity index is 746. The van der Waals surface area contributed by atoms with Gasteiger partial charge in [0.2, 0.25) is 0 Å². The minimum Gasteiger partial charge on any atom is -0.462 e. The molecule has 1 saturated carbocycles. The minimum atomic E-state index is -1.15. The number of alkyl halides is 2. The standard InChI is InChI=1S/C17H21Cl2NO5S/c1-5-10-9(3)26-13(12(10)14(22)24-6-2)20-11(21)7-25-15(23)16(4)8-17(16,18)19/h5-8H2,1-4H3,(H,20,21). The van der Waals surface area contributed by atoms with Crippen LogP contribution in [0.25, 0.3) is 0 Å². The summed E-state index contributed by atoms with van der Waals surface area (Å²) in [6, 6.07) is 0. The topological polar surface area (TPSA) is 81.7 Å². The molecule has 1 aromatic rings. The van der Waals surface area contributed by atoms with Crippen LogP contribution in [-0.2, 0) is 25.5 Å². The van der Waals surface area contributed by atoms with Crippen LogP contribution in [0.4, 0.5) is 5.00 Å². The first kappa shape index (κ1) is 21.0. The summed E-state index contributed by atoms with van der Waals surface area (Å²) < 4.78 is 8.95. The van der Waals surface area contributed by atoms with Crippen molar-refractivity contribution >= 4 is 57.4 Å². The van der Waals surface area contributed by atoms with E-state index in [-0.39, 0.29) is 13.0 Å². The number of carbonyl (C=O) groups is 3. The van der Waals surface area contributed by atoms with Crippen molar-refractivity contribution in [1.29, 1.82) is 0 Å². The van der Waals surface area contributed by atoms with E-state index >= 15 is 0 Å². The summed E-state index contributed by atoms with van der Waals surface area (Å²) in [5.74, 6) is -1.66. The molecule has 1 aliphatic carbocycles. The second-order valence-electron chi connectivity index (χ2n) is 6.25. The van der Waals surface area contributed by atoms with Crippen LogP contribution in [0, 0.1) is 12.3 Å². The molecule has 9 heteroatoms. The summed E-state index contributed by atoms with van der Waals surface area (Å²) in [7, 11) is 0. The first-order valence-electron chi connectivity index (χ1n) is 8.21. The van der Waals surface area contributed by atoms with E-state index in [9.17, 15) is 14.4 Å². The van der Waals surface area contributed by atoms with Gasteiger partial charge in [0.1, 0.15) is 14.7 Å². The number of esters is 2. The molecule has 0 aromatic carbocycles. The fourth-order valence-electron chi connectivity index (χ4n) is 2.59. The third-order valence-corrected chi connectivity index (χ3v) is 6.50. The van der Waals surface area contributed by atoms with Crippen LogP contribution in [0.5, 0.6) is 0 Å². The van der Waals surface area contributed by atoms with Crippen molar-refractivity contribution in [2.45, 2.75) is 44.9 Å². The van der Waals surface area contributed by atoms with Crippen molar-refractivity contribution in [3.05, 3.63) is 16.0 Å². The zero-order valence-electron chi connectivity index (χ0n) is 15.0. The Balaban J connectivity index is 2.05. The lowest BCUT2D eigenvalue weighted by atomic mass is 10.1. The summed E-state index contributed by atoms with van der Waals surface area (Å²) >= 11 is 13.1. The number of halogens is 2. The third-order valence-electron chi connectivity index (χ3n) is 4.34. The molecule has 1 N–H and O–H groups in total.